The van der Waals surface area contributed by atoms with Crippen LogP contribution < -0.4 is 0 Å². The lowest BCUT2D eigenvalue weighted by Gasteiger charge is -2.23. The molecular formula is C8H14O. The van der Waals surface area contributed by atoms with Gasteiger partial charge in [0.2, 0.25) is 0 Å². The van der Waals surface area contributed by atoms with Crippen LogP contribution in [0.15, 0.2) is 25.3 Å². The van der Waals surface area contributed by atoms with Crippen molar-refractivity contribution in [2.24, 2.45) is 5.41 Å². The fraction of sp³-hybridized carbons (Fsp3) is 0.500. The summed E-state index contributed by atoms with van der Waals surface area (Å²) >= 11 is 0. The molecule has 0 bridgehead atoms. The fourth-order valence-electron chi connectivity index (χ4n) is 0.424. The maximum Gasteiger partial charge on any atom is 0.0803 e. The van der Waals surface area contributed by atoms with E-state index in [2.05, 4.69) is 13.2 Å². The van der Waals surface area contributed by atoms with Crippen molar-refractivity contribution in [1.29, 1.82) is 0 Å². The number of hydrogen-bond donors (Lipinski definition) is 1. The molecule has 0 aliphatic heterocycles. The molecule has 0 rings (SSSR count). The van der Waals surface area contributed by atoms with Gasteiger partial charge in [-0.2, -0.15) is 0 Å². The molecule has 0 saturated heterocycles. The summed E-state index contributed by atoms with van der Waals surface area (Å²) in [5.41, 5.74) is -0.248. The molecule has 1 nitrogen and oxygen atoms in total. The molecule has 0 radical (unpaired) electrons. The Bertz CT molecular complexity index is 114. The van der Waals surface area contributed by atoms with Gasteiger partial charge in [-0.1, -0.05) is 26.0 Å². The van der Waals surface area contributed by atoms with Gasteiger partial charge < -0.3 is 5.11 Å². The quantitative estimate of drug-likeness (QED) is 0.571. The van der Waals surface area contributed by atoms with Gasteiger partial charge >= 0.3 is 0 Å². The van der Waals surface area contributed by atoms with Crippen LogP contribution in [0.4, 0.5) is 0 Å². The van der Waals surface area contributed by atoms with Crippen LogP contribution in [0, 0.1) is 5.41 Å². The summed E-state index contributed by atoms with van der Waals surface area (Å²) in [7, 11) is 0. The molecule has 1 atom stereocenters. The summed E-state index contributed by atoms with van der Waals surface area (Å²) in [4.78, 5) is 0. The van der Waals surface area contributed by atoms with E-state index in [4.69, 9.17) is 0 Å². The van der Waals surface area contributed by atoms with Crippen molar-refractivity contribution in [3.8, 4) is 0 Å². The Labute approximate surface area is 56.7 Å². The molecule has 0 aromatic rings. The van der Waals surface area contributed by atoms with Crippen LogP contribution in [0.2, 0.25) is 0 Å². The SMILES string of the molecule is C=CC(O)C(C)(C)C=C. The second kappa shape index (κ2) is 2.83. The Balaban J connectivity index is 4.11. The fourth-order valence-corrected chi connectivity index (χ4v) is 0.424. The molecule has 1 heteroatoms. The predicted molar refractivity (Wildman–Crippen MR) is 40.2 cm³/mol. The predicted octanol–water partition coefficient (Wildman–Crippen LogP) is 1.75. The van der Waals surface area contributed by atoms with Crippen molar-refractivity contribution >= 4 is 0 Å². The van der Waals surface area contributed by atoms with Gasteiger partial charge in [-0.25, -0.2) is 0 Å². The van der Waals surface area contributed by atoms with E-state index in [1.807, 2.05) is 13.8 Å². The molecule has 0 heterocycles. The van der Waals surface area contributed by atoms with Gasteiger partial charge in [-0.15, -0.1) is 13.2 Å². The standard InChI is InChI=1S/C8H14O/c1-5-7(9)8(3,4)6-2/h5-7,9H,1-2H2,3-4H3. The zero-order valence-electron chi connectivity index (χ0n) is 6.09. The van der Waals surface area contributed by atoms with Crippen LogP contribution in [0.25, 0.3) is 0 Å². The largest absolute Gasteiger partial charge is 0.388 e. The van der Waals surface area contributed by atoms with Gasteiger partial charge in [-0.05, 0) is 0 Å². The van der Waals surface area contributed by atoms with Crippen LogP contribution in [-0.2, 0) is 0 Å². The van der Waals surface area contributed by atoms with E-state index in [0.29, 0.717) is 0 Å². The highest BCUT2D eigenvalue weighted by Crippen LogP contribution is 2.21. The minimum absolute atomic E-state index is 0.248. The molecule has 1 N–H and O–H groups in total. The minimum atomic E-state index is -0.491. The molecule has 0 fully saturated rings. The van der Waals surface area contributed by atoms with Gasteiger partial charge in [0.15, 0.2) is 0 Å². The van der Waals surface area contributed by atoms with Crippen molar-refractivity contribution in [2.45, 2.75) is 20.0 Å². The molecule has 0 aliphatic carbocycles. The Hall–Kier alpha value is -0.560. The molecule has 0 aliphatic rings. The Kier molecular flexibility index (Phi) is 2.65. The first-order valence-corrected chi connectivity index (χ1v) is 2.99. The Morgan fingerprint density at radius 1 is 1.44 bits per heavy atom. The molecule has 0 amide bonds. The summed E-state index contributed by atoms with van der Waals surface area (Å²) in [6.45, 7) is 10.9. The molecule has 52 valence electrons. The van der Waals surface area contributed by atoms with E-state index < -0.39 is 6.10 Å². The lowest BCUT2D eigenvalue weighted by Crippen LogP contribution is -2.24. The Morgan fingerprint density at radius 3 is 2.00 bits per heavy atom. The van der Waals surface area contributed by atoms with Crippen molar-refractivity contribution in [3.63, 3.8) is 0 Å². The highest BCUT2D eigenvalue weighted by atomic mass is 16.3. The first kappa shape index (κ1) is 8.44. The highest BCUT2D eigenvalue weighted by Gasteiger charge is 2.20. The van der Waals surface area contributed by atoms with Crippen molar-refractivity contribution < 1.29 is 5.11 Å². The van der Waals surface area contributed by atoms with Gasteiger partial charge in [0, 0.05) is 5.41 Å². The summed E-state index contributed by atoms with van der Waals surface area (Å²) < 4.78 is 0. The number of hydrogen-bond acceptors (Lipinski definition) is 1. The smallest absolute Gasteiger partial charge is 0.0803 e. The molecule has 0 spiro atoms. The normalized spacial score (nSPS) is 14.6. The molecule has 9 heavy (non-hydrogen) atoms. The molecule has 0 saturated carbocycles. The topological polar surface area (TPSA) is 20.2 Å². The summed E-state index contributed by atoms with van der Waals surface area (Å²) in [5.74, 6) is 0. The van der Waals surface area contributed by atoms with Gasteiger partial charge in [0.25, 0.3) is 0 Å². The molecule has 0 aromatic heterocycles. The number of aliphatic hydroxyl groups excluding tert-OH is 1. The highest BCUT2D eigenvalue weighted by molar-refractivity contribution is 4.99. The first-order chi connectivity index (χ1) is 4.04. The number of rotatable bonds is 3. The minimum Gasteiger partial charge on any atom is -0.388 e. The van der Waals surface area contributed by atoms with E-state index in [1.54, 1.807) is 6.08 Å². The third-order valence-electron chi connectivity index (χ3n) is 1.51. The van der Waals surface area contributed by atoms with Crippen molar-refractivity contribution in [3.05, 3.63) is 25.3 Å². The monoisotopic (exact) mass is 126 g/mol. The van der Waals surface area contributed by atoms with Crippen LogP contribution in [0.5, 0.6) is 0 Å². The van der Waals surface area contributed by atoms with E-state index in [1.165, 1.54) is 6.08 Å². The summed E-state index contributed by atoms with van der Waals surface area (Å²) in [5, 5.41) is 9.20. The van der Waals surface area contributed by atoms with Crippen LogP contribution in [0.3, 0.4) is 0 Å². The average Bonchev–Trinajstić information content (AvgIpc) is 1.86. The third kappa shape index (κ3) is 2.02. The Morgan fingerprint density at radius 2 is 1.89 bits per heavy atom. The maximum absolute atomic E-state index is 9.20. The van der Waals surface area contributed by atoms with E-state index >= 15 is 0 Å². The zero-order valence-corrected chi connectivity index (χ0v) is 6.09. The first-order valence-electron chi connectivity index (χ1n) is 2.99. The van der Waals surface area contributed by atoms with Crippen LogP contribution in [0.1, 0.15) is 13.8 Å². The summed E-state index contributed by atoms with van der Waals surface area (Å²) in [6, 6.07) is 0. The van der Waals surface area contributed by atoms with Crippen LogP contribution in [-0.4, -0.2) is 11.2 Å². The average molecular weight is 126 g/mol. The lowest BCUT2D eigenvalue weighted by molar-refractivity contribution is 0.126. The number of aliphatic hydroxyl groups is 1. The van der Waals surface area contributed by atoms with Gasteiger partial charge in [-0.3, -0.25) is 0 Å². The van der Waals surface area contributed by atoms with Crippen molar-refractivity contribution in [1.82, 2.24) is 0 Å². The van der Waals surface area contributed by atoms with E-state index in [9.17, 15) is 5.11 Å². The van der Waals surface area contributed by atoms with Crippen LogP contribution >= 0.6 is 0 Å². The molecular weight excluding hydrogens is 112 g/mol. The van der Waals surface area contributed by atoms with Crippen molar-refractivity contribution in [2.75, 3.05) is 0 Å². The third-order valence-corrected chi connectivity index (χ3v) is 1.51. The maximum atomic E-state index is 9.20. The second-order valence-electron chi connectivity index (χ2n) is 2.71. The lowest BCUT2D eigenvalue weighted by atomic mass is 9.87. The van der Waals surface area contributed by atoms with E-state index in [0.717, 1.165) is 0 Å². The van der Waals surface area contributed by atoms with Gasteiger partial charge in [0.05, 0.1) is 6.10 Å². The second-order valence-corrected chi connectivity index (χ2v) is 2.71. The zero-order chi connectivity index (χ0) is 7.49. The van der Waals surface area contributed by atoms with E-state index in [-0.39, 0.29) is 5.41 Å². The summed E-state index contributed by atoms with van der Waals surface area (Å²) in [6.07, 6.45) is 2.75. The van der Waals surface area contributed by atoms with Gasteiger partial charge in [0.1, 0.15) is 0 Å². The molecule has 1 unspecified atom stereocenters. The molecule has 0 aromatic carbocycles.